The number of nitrogens with zero attached hydrogens (tertiary/aromatic N) is 4. The third-order valence-electron chi connectivity index (χ3n) is 3.83. The minimum Gasteiger partial charge on any atom is -0.467 e. The molecule has 0 aliphatic rings. The van der Waals surface area contributed by atoms with E-state index in [1.54, 1.807) is 24.3 Å². The summed E-state index contributed by atoms with van der Waals surface area (Å²) in [6.07, 6.45) is 1.59. The van der Waals surface area contributed by atoms with Crippen LogP contribution in [0.15, 0.2) is 52.2 Å². The summed E-state index contributed by atoms with van der Waals surface area (Å²) in [7, 11) is 1.74. The van der Waals surface area contributed by atoms with Gasteiger partial charge in [0.15, 0.2) is 5.65 Å². The summed E-state index contributed by atoms with van der Waals surface area (Å²) in [5.41, 5.74) is 2.38. The Morgan fingerprint density at radius 3 is 2.96 bits per heavy atom. The van der Waals surface area contributed by atoms with E-state index in [1.807, 2.05) is 30.3 Å². The van der Waals surface area contributed by atoms with Gasteiger partial charge in [-0.15, -0.1) is 10.2 Å². The Labute approximate surface area is 147 Å². The first kappa shape index (κ1) is 15.6. The Morgan fingerprint density at radius 2 is 2.12 bits per heavy atom. The number of thioether (sulfide) groups is 1. The number of benzene rings is 1. The quantitative estimate of drug-likeness (QED) is 0.555. The summed E-state index contributed by atoms with van der Waals surface area (Å²) in [6, 6.07) is 11.5. The van der Waals surface area contributed by atoms with E-state index in [-0.39, 0.29) is 11.7 Å². The number of H-pyrrole nitrogens is 1. The normalized spacial score (nSPS) is 11.2. The van der Waals surface area contributed by atoms with Crippen LogP contribution in [0.3, 0.4) is 0 Å². The molecule has 25 heavy (non-hydrogen) atoms. The monoisotopic (exact) mass is 353 g/mol. The number of furan rings is 1. The molecule has 7 nitrogen and oxygen atoms in total. The minimum atomic E-state index is -0.0262. The number of aromatic nitrogens is 4. The second-order valence-corrected chi connectivity index (χ2v) is 6.52. The van der Waals surface area contributed by atoms with Crippen molar-refractivity contribution in [3.05, 3.63) is 48.4 Å². The zero-order chi connectivity index (χ0) is 17.2. The lowest BCUT2D eigenvalue weighted by Gasteiger charge is -2.14. The first-order valence-electron chi connectivity index (χ1n) is 7.71. The number of amides is 1. The first-order chi connectivity index (χ1) is 12.2. The van der Waals surface area contributed by atoms with Gasteiger partial charge in [0.1, 0.15) is 11.3 Å². The van der Waals surface area contributed by atoms with Crippen LogP contribution in [-0.2, 0) is 11.3 Å². The lowest BCUT2D eigenvalue weighted by atomic mass is 10.2. The number of hydrogen-bond donors (Lipinski definition) is 1. The molecule has 3 aromatic heterocycles. The van der Waals surface area contributed by atoms with E-state index in [9.17, 15) is 4.79 Å². The maximum Gasteiger partial charge on any atom is 0.233 e. The van der Waals surface area contributed by atoms with Gasteiger partial charge in [-0.05, 0) is 18.2 Å². The molecule has 4 aromatic rings. The van der Waals surface area contributed by atoms with Crippen molar-refractivity contribution < 1.29 is 9.21 Å². The van der Waals surface area contributed by atoms with E-state index in [4.69, 9.17) is 4.42 Å². The van der Waals surface area contributed by atoms with Crippen LogP contribution in [0, 0.1) is 0 Å². The molecule has 1 amide bonds. The van der Waals surface area contributed by atoms with Crippen molar-refractivity contribution in [1.82, 2.24) is 25.1 Å². The highest BCUT2D eigenvalue weighted by Gasteiger charge is 2.14. The van der Waals surface area contributed by atoms with Crippen molar-refractivity contribution in [1.29, 1.82) is 0 Å². The molecule has 0 aliphatic carbocycles. The Balaban J connectivity index is 1.45. The van der Waals surface area contributed by atoms with Crippen LogP contribution in [0.25, 0.3) is 22.1 Å². The minimum absolute atomic E-state index is 0.0262. The maximum atomic E-state index is 12.2. The predicted octanol–water partition coefficient (Wildman–Crippen LogP) is 2.85. The Bertz CT molecular complexity index is 1030. The molecule has 3 heterocycles. The number of carbonyl (C=O) groups excluding carboxylic acids is 1. The van der Waals surface area contributed by atoms with Crippen LogP contribution >= 0.6 is 11.8 Å². The highest BCUT2D eigenvalue weighted by atomic mass is 32.2. The highest BCUT2D eigenvalue weighted by Crippen LogP contribution is 2.23. The fraction of sp³-hybridized carbons (Fsp3) is 0.176. The standard InChI is InChI=1S/C17H15N5O2S/c1-22(9-11-5-4-8-24-11)14(23)10-25-17-19-16-15(20-21-17)12-6-2-3-7-13(12)18-16/h2-8H,9-10H2,1H3,(H,18,19,21). The van der Waals surface area contributed by atoms with Crippen LogP contribution in [0.5, 0.6) is 0 Å². The van der Waals surface area contributed by atoms with Crippen molar-refractivity contribution >= 4 is 39.7 Å². The molecule has 4 rings (SSSR count). The molecule has 0 spiro atoms. The van der Waals surface area contributed by atoms with Crippen LogP contribution in [0.2, 0.25) is 0 Å². The lowest BCUT2D eigenvalue weighted by Crippen LogP contribution is -2.27. The van der Waals surface area contributed by atoms with Crippen molar-refractivity contribution in [3.63, 3.8) is 0 Å². The van der Waals surface area contributed by atoms with Crippen LogP contribution < -0.4 is 0 Å². The van der Waals surface area contributed by atoms with E-state index in [2.05, 4.69) is 20.2 Å². The van der Waals surface area contributed by atoms with Crippen molar-refractivity contribution in [2.75, 3.05) is 12.8 Å². The molecule has 0 atom stereocenters. The van der Waals surface area contributed by atoms with Gasteiger partial charge in [-0.1, -0.05) is 30.0 Å². The van der Waals surface area contributed by atoms with Crippen molar-refractivity contribution in [2.45, 2.75) is 11.7 Å². The van der Waals surface area contributed by atoms with Crippen molar-refractivity contribution in [3.8, 4) is 0 Å². The van der Waals surface area contributed by atoms with E-state index in [1.165, 1.54) is 11.8 Å². The molecule has 0 radical (unpaired) electrons. The number of carbonyl (C=O) groups is 1. The van der Waals surface area contributed by atoms with Gasteiger partial charge in [-0.3, -0.25) is 4.79 Å². The smallest absolute Gasteiger partial charge is 0.233 e. The molecule has 0 saturated heterocycles. The molecule has 1 aromatic carbocycles. The van der Waals surface area contributed by atoms with Gasteiger partial charge < -0.3 is 14.3 Å². The summed E-state index contributed by atoms with van der Waals surface area (Å²) >= 11 is 1.27. The van der Waals surface area contributed by atoms with Gasteiger partial charge in [0.05, 0.1) is 18.6 Å². The Kier molecular flexibility index (Phi) is 4.10. The number of rotatable bonds is 5. The van der Waals surface area contributed by atoms with Gasteiger partial charge in [0.2, 0.25) is 11.1 Å². The van der Waals surface area contributed by atoms with E-state index in [0.717, 1.165) is 22.2 Å². The molecule has 0 bridgehead atoms. The summed E-state index contributed by atoms with van der Waals surface area (Å²) < 4.78 is 5.25. The summed E-state index contributed by atoms with van der Waals surface area (Å²) in [6.45, 7) is 0.437. The topological polar surface area (TPSA) is 87.9 Å². The fourth-order valence-corrected chi connectivity index (χ4v) is 3.26. The van der Waals surface area contributed by atoms with Crippen LogP contribution in [-0.4, -0.2) is 43.8 Å². The zero-order valence-corrected chi connectivity index (χ0v) is 14.3. The Morgan fingerprint density at radius 1 is 1.24 bits per heavy atom. The van der Waals surface area contributed by atoms with Gasteiger partial charge in [-0.25, -0.2) is 4.98 Å². The van der Waals surface area contributed by atoms with E-state index in [0.29, 0.717) is 17.3 Å². The third-order valence-corrected chi connectivity index (χ3v) is 4.65. The third kappa shape index (κ3) is 3.20. The average Bonchev–Trinajstić information content (AvgIpc) is 3.26. The zero-order valence-electron chi connectivity index (χ0n) is 13.5. The van der Waals surface area contributed by atoms with Gasteiger partial charge in [0.25, 0.3) is 0 Å². The average molecular weight is 353 g/mol. The molecule has 126 valence electrons. The summed E-state index contributed by atoms with van der Waals surface area (Å²) in [4.78, 5) is 21.5. The molecule has 0 fully saturated rings. The number of hydrogen-bond acceptors (Lipinski definition) is 6. The molecule has 0 aliphatic heterocycles. The second kappa shape index (κ2) is 6.56. The molecule has 0 unspecified atom stereocenters. The maximum absolute atomic E-state index is 12.2. The number of nitrogens with one attached hydrogen (secondary N) is 1. The number of para-hydroxylation sites is 1. The van der Waals surface area contributed by atoms with Gasteiger partial charge in [0, 0.05) is 18.0 Å². The fourth-order valence-electron chi connectivity index (χ4n) is 2.53. The molecular formula is C17H15N5O2S. The predicted molar refractivity (Wildman–Crippen MR) is 95.1 cm³/mol. The summed E-state index contributed by atoms with van der Waals surface area (Å²) in [5, 5.41) is 9.84. The van der Waals surface area contributed by atoms with E-state index >= 15 is 0 Å². The highest BCUT2D eigenvalue weighted by molar-refractivity contribution is 7.99. The molecular weight excluding hydrogens is 338 g/mol. The van der Waals surface area contributed by atoms with Gasteiger partial charge in [-0.2, -0.15) is 0 Å². The number of fused-ring (bicyclic) bond motifs is 3. The molecule has 0 saturated carbocycles. The number of aromatic amines is 1. The van der Waals surface area contributed by atoms with Crippen molar-refractivity contribution in [2.24, 2.45) is 0 Å². The first-order valence-corrected chi connectivity index (χ1v) is 8.69. The summed E-state index contributed by atoms with van der Waals surface area (Å²) in [5.74, 6) is 0.963. The van der Waals surface area contributed by atoms with Crippen LogP contribution in [0.1, 0.15) is 5.76 Å². The largest absolute Gasteiger partial charge is 0.467 e. The van der Waals surface area contributed by atoms with E-state index < -0.39 is 0 Å². The Hall–Kier alpha value is -2.87. The second-order valence-electron chi connectivity index (χ2n) is 5.58. The molecule has 1 N–H and O–H groups in total. The van der Waals surface area contributed by atoms with Gasteiger partial charge >= 0.3 is 0 Å². The SMILES string of the molecule is CN(Cc1ccco1)C(=O)CSc1nnc2c(n1)[nH]c1ccccc12. The van der Waals surface area contributed by atoms with Crippen LogP contribution in [0.4, 0.5) is 0 Å². The molecule has 8 heteroatoms. The lowest BCUT2D eigenvalue weighted by molar-refractivity contribution is -0.127.